The van der Waals surface area contributed by atoms with Gasteiger partial charge in [-0.25, -0.2) is 4.68 Å². The minimum Gasteiger partial charge on any atom is -0.454 e. The van der Waals surface area contributed by atoms with Gasteiger partial charge in [-0.05, 0) is 43.2 Å². The maximum Gasteiger partial charge on any atom is 0.231 e. The van der Waals surface area contributed by atoms with Gasteiger partial charge in [-0.3, -0.25) is 4.79 Å². The summed E-state index contributed by atoms with van der Waals surface area (Å²) in [5.74, 6) is 2.08. The number of allylic oxidation sites excluding steroid dienone is 1. The van der Waals surface area contributed by atoms with Crippen LogP contribution in [0.4, 0.5) is 5.82 Å². The lowest BCUT2D eigenvalue weighted by Gasteiger charge is -2.27. The normalized spacial score (nSPS) is 17.4. The van der Waals surface area contributed by atoms with Crippen molar-refractivity contribution in [2.24, 2.45) is 0 Å². The van der Waals surface area contributed by atoms with E-state index in [4.69, 9.17) is 14.6 Å². The van der Waals surface area contributed by atoms with E-state index >= 15 is 0 Å². The molecule has 0 unspecified atom stereocenters. The van der Waals surface area contributed by atoms with Crippen molar-refractivity contribution in [2.45, 2.75) is 19.8 Å². The highest BCUT2D eigenvalue weighted by Crippen LogP contribution is 2.51. The monoisotopic (exact) mass is 447 g/mol. The molecule has 6 heteroatoms. The fourth-order valence-corrected chi connectivity index (χ4v) is 5.38. The molecule has 0 amide bonds. The molecular formula is C28H21N3O3. The number of Topliss-reactive ketones (excluding diaryl/α,β-unsaturated/α-hetero) is 1. The summed E-state index contributed by atoms with van der Waals surface area (Å²) in [4.78, 5) is 13.7. The summed E-state index contributed by atoms with van der Waals surface area (Å²) in [5.41, 5.74) is 8.24. The highest BCUT2D eigenvalue weighted by atomic mass is 16.7. The quantitative estimate of drug-likeness (QED) is 0.447. The maximum absolute atomic E-state index is 13.7. The zero-order valence-corrected chi connectivity index (χ0v) is 18.8. The largest absolute Gasteiger partial charge is 0.454 e. The van der Waals surface area contributed by atoms with Crippen LogP contribution in [0.25, 0.3) is 11.4 Å². The van der Waals surface area contributed by atoms with Crippen molar-refractivity contribution in [3.05, 3.63) is 106 Å². The highest BCUT2D eigenvalue weighted by Gasteiger charge is 2.43. The zero-order chi connectivity index (χ0) is 23.0. The van der Waals surface area contributed by atoms with Crippen LogP contribution in [0.5, 0.6) is 11.5 Å². The first-order valence-corrected chi connectivity index (χ1v) is 11.3. The number of anilines is 1. The third-order valence-corrected chi connectivity index (χ3v) is 6.96. The third-order valence-electron chi connectivity index (χ3n) is 6.96. The molecule has 7 rings (SSSR count). The van der Waals surface area contributed by atoms with Crippen molar-refractivity contribution in [2.75, 3.05) is 12.1 Å². The second-order valence-corrected chi connectivity index (χ2v) is 8.88. The Kier molecular flexibility index (Phi) is 3.86. The Hall–Kier alpha value is -4.32. The topological polar surface area (TPSA) is 65.4 Å². The van der Waals surface area contributed by atoms with E-state index in [0.717, 1.165) is 62.0 Å². The summed E-state index contributed by atoms with van der Waals surface area (Å²) in [6.45, 7) is 4.29. The van der Waals surface area contributed by atoms with Gasteiger partial charge in [-0.1, -0.05) is 48.5 Å². The van der Waals surface area contributed by atoms with Crippen LogP contribution in [-0.2, 0) is 0 Å². The Morgan fingerprint density at radius 2 is 1.71 bits per heavy atom. The molecule has 0 saturated carbocycles. The predicted molar refractivity (Wildman–Crippen MR) is 129 cm³/mol. The van der Waals surface area contributed by atoms with Crippen LogP contribution in [0.15, 0.2) is 72.3 Å². The lowest BCUT2D eigenvalue weighted by Crippen LogP contribution is -2.20. The van der Waals surface area contributed by atoms with Crippen molar-refractivity contribution in [1.82, 2.24) is 9.78 Å². The molecule has 0 saturated heterocycles. The number of nitrogens with zero attached hydrogens (tertiary/aromatic N) is 2. The van der Waals surface area contributed by atoms with Crippen LogP contribution in [0.3, 0.4) is 0 Å². The van der Waals surface area contributed by atoms with Crippen molar-refractivity contribution in [3.63, 3.8) is 0 Å². The Labute approximate surface area is 196 Å². The molecule has 4 aromatic rings. The average Bonchev–Trinajstić information content (AvgIpc) is 3.53. The van der Waals surface area contributed by atoms with Crippen molar-refractivity contribution >= 4 is 17.3 Å². The van der Waals surface area contributed by atoms with Gasteiger partial charge in [-0.15, -0.1) is 0 Å². The SMILES string of the molecule is Cc1ccccc1-n1nc(C)c2c1NC1=C(C(=O)c3ccccc31)[C@H]2c1ccc2c(c1)OCO2. The molecule has 3 aliphatic rings. The van der Waals surface area contributed by atoms with Gasteiger partial charge in [-0.2, -0.15) is 5.10 Å². The minimum atomic E-state index is -0.279. The molecule has 166 valence electrons. The summed E-state index contributed by atoms with van der Waals surface area (Å²) in [7, 11) is 0. The number of ether oxygens (including phenoxy) is 2. The molecule has 3 heterocycles. The van der Waals surface area contributed by atoms with Gasteiger partial charge in [0.2, 0.25) is 6.79 Å². The number of aromatic nitrogens is 2. The molecule has 0 fully saturated rings. The summed E-state index contributed by atoms with van der Waals surface area (Å²) >= 11 is 0. The number of para-hydroxylation sites is 1. The molecule has 1 atom stereocenters. The van der Waals surface area contributed by atoms with E-state index in [2.05, 4.69) is 24.4 Å². The Bertz CT molecular complexity index is 1560. The van der Waals surface area contributed by atoms with Gasteiger partial charge >= 0.3 is 0 Å². The summed E-state index contributed by atoms with van der Waals surface area (Å²) in [5, 5.41) is 8.56. The first-order chi connectivity index (χ1) is 16.6. The van der Waals surface area contributed by atoms with E-state index < -0.39 is 0 Å². The number of aryl methyl sites for hydroxylation is 2. The molecule has 6 nitrogen and oxygen atoms in total. The Morgan fingerprint density at radius 3 is 2.56 bits per heavy atom. The second-order valence-electron chi connectivity index (χ2n) is 8.88. The number of hydrogen-bond donors (Lipinski definition) is 1. The standard InChI is InChI=1S/C28H21N3O3/c1-15-7-3-6-10-20(15)31-28-23(16(2)30-31)24(17-11-12-21-22(13-17)34-14-33-21)25-26(29-28)18-8-4-5-9-19(18)27(25)32/h3-13,24,29H,14H2,1-2H3/t24-/m0/s1. The van der Waals surface area contributed by atoms with E-state index in [1.165, 1.54) is 0 Å². The molecule has 1 N–H and O–H groups in total. The number of carbonyl (C=O) groups is 1. The van der Waals surface area contributed by atoms with Crippen LogP contribution >= 0.6 is 0 Å². The Morgan fingerprint density at radius 1 is 0.941 bits per heavy atom. The number of nitrogens with one attached hydrogen (secondary N) is 1. The molecule has 3 aromatic carbocycles. The molecule has 0 radical (unpaired) electrons. The summed E-state index contributed by atoms with van der Waals surface area (Å²) in [6, 6.07) is 21.9. The van der Waals surface area contributed by atoms with Crippen molar-refractivity contribution in [3.8, 4) is 17.2 Å². The number of carbonyl (C=O) groups excluding carboxylic acids is 1. The predicted octanol–water partition coefficient (Wildman–Crippen LogP) is 5.38. The highest BCUT2D eigenvalue weighted by molar-refractivity contribution is 6.24. The molecule has 1 aliphatic carbocycles. The van der Waals surface area contributed by atoms with Gasteiger partial charge in [0.05, 0.1) is 17.1 Å². The van der Waals surface area contributed by atoms with Crippen molar-refractivity contribution < 1.29 is 14.3 Å². The summed E-state index contributed by atoms with van der Waals surface area (Å²) < 4.78 is 13.2. The second kappa shape index (κ2) is 6.84. The van der Waals surface area contributed by atoms with E-state index in [0.29, 0.717) is 5.75 Å². The molecule has 1 aromatic heterocycles. The number of rotatable bonds is 2. The van der Waals surface area contributed by atoms with Gasteiger partial charge < -0.3 is 14.8 Å². The third kappa shape index (κ3) is 2.51. The van der Waals surface area contributed by atoms with E-state index in [9.17, 15) is 4.79 Å². The number of benzene rings is 3. The molecule has 0 bridgehead atoms. The van der Waals surface area contributed by atoms with Gasteiger partial charge in [0.15, 0.2) is 17.3 Å². The van der Waals surface area contributed by atoms with Crippen LogP contribution in [0.1, 0.15) is 44.2 Å². The van der Waals surface area contributed by atoms with Crippen LogP contribution < -0.4 is 14.8 Å². The maximum atomic E-state index is 13.7. The average molecular weight is 447 g/mol. The lowest BCUT2D eigenvalue weighted by molar-refractivity contribution is 0.103. The number of hydrogen-bond acceptors (Lipinski definition) is 5. The van der Waals surface area contributed by atoms with Crippen LogP contribution in [0, 0.1) is 13.8 Å². The molecule has 34 heavy (non-hydrogen) atoms. The smallest absolute Gasteiger partial charge is 0.231 e. The van der Waals surface area contributed by atoms with E-state index in [1.807, 2.05) is 66.2 Å². The van der Waals surface area contributed by atoms with E-state index in [-0.39, 0.29) is 18.5 Å². The summed E-state index contributed by atoms with van der Waals surface area (Å²) in [6.07, 6.45) is 0. The fraction of sp³-hybridized carbons (Fsp3) is 0.143. The van der Waals surface area contributed by atoms with Gasteiger partial charge in [0.1, 0.15) is 5.82 Å². The minimum absolute atomic E-state index is 0.0504. The lowest BCUT2D eigenvalue weighted by atomic mass is 9.80. The zero-order valence-electron chi connectivity index (χ0n) is 18.8. The molecule has 2 aliphatic heterocycles. The number of ketones is 1. The Balaban J connectivity index is 1.51. The van der Waals surface area contributed by atoms with Crippen molar-refractivity contribution in [1.29, 1.82) is 0 Å². The van der Waals surface area contributed by atoms with E-state index in [1.54, 1.807) is 0 Å². The van der Waals surface area contributed by atoms with Crippen LogP contribution in [0.2, 0.25) is 0 Å². The van der Waals surface area contributed by atoms with Gasteiger partial charge in [0.25, 0.3) is 0 Å². The first-order valence-electron chi connectivity index (χ1n) is 11.3. The van der Waals surface area contributed by atoms with Crippen LogP contribution in [-0.4, -0.2) is 22.4 Å². The molecule has 0 spiro atoms. The fourth-order valence-electron chi connectivity index (χ4n) is 5.38. The van der Waals surface area contributed by atoms with Gasteiger partial charge in [0, 0.05) is 28.2 Å². The first kappa shape index (κ1) is 19.2. The molecular weight excluding hydrogens is 426 g/mol. The number of fused-ring (bicyclic) bond motifs is 4.